The van der Waals surface area contributed by atoms with Crippen molar-refractivity contribution in [1.29, 1.82) is 0 Å². The number of hydrogen-bond acceptors (Lipinski definition) is 7. The first kappa shape index (κ1) is 17.7. The van der Waals surface area contributed by atoms with E-state index >= 15 is 0 Å². The minimum Gasteiger partial charge on any atom is -0.495 e. The van der Waals surface area contributed by atoms with Crippen LogP contribution in [0.25, 0.3) is 0 Å². The summed E-state index contributed by atoms with van der Waals surface area (Å²) in [5.41, 5.74) is 20.4. The van der Waals surface area contributed by atoms with Gasteiger partial charge in [-0.15, -0.1) is 0 Å². The molecule has 0 fully saturated rings. The van der Waals surface area contributed by atoms with E-state index in [9.17, 15) is 10.2 Å². The first-order valence-electron chi connectivity index (χ1n) is 7.57. The maximum Gasteiger partial charge on any atom is 0.141 e. The highest BCUT2D eigenvalue weighted by Gasteiger charge is 2.20. The Balaban J connectivity index is 2.08. The highest BCUT2D eigenvalue weighted by molar-refractivity contribution is 5.62. The number of methoxy groups -OCH3 is 1. The number of rotatable bonds is 7. The molecule has 0 bridgehead atoms. The molecule has 2 aromatic carbocycles. The minimum absolute atomic E-state index is 0.248. The van der Waals surface area contributed by atoms with Gasteiger partial charge in [0.2, 0.25) is 0 Å². The number of hydrogen-bond donors (Lipinski definition) is 6. The van der Waals surface area contributed by atoms with Crippen molar-refractivity contribution in [3.05, 3.63) is 42.0 Å². The van der Waals surface area contributed by atoms with Gasteiger partial charge in [-0.25, -0.2) is 0 Å². The molecule has 7 nitrogen and oxygen atoms in total. The summed E-state index contributed by atoms with van der Waals surface area (Å²) in [5.74, 6) is 0.566. The molecule has 0 saturated carbocycles. The van der Waals surface area contributed by atoms with Crippen molar-refractivity contribution in [3.63, 3.8) is 0 Å². The summed E-state index contributed by atoms with van der Waals surface area (Å²) in [6.45, 7) is -0.248. The molecule has 0 saturated heterocycles. The average molecular weight is 332 g/mol. The Hall–Kier alpha value is -2.64. The van der Waals surface area contributed by atoms with Crippen molar-refractivity contribution in [1.82, 2.24) is 0 Å². The zero-order valence-electron chi connectivity index (χ0n) is 13.6. The van der Waals surface area contributed by atoms with E-state index in [-0.39, 0.29) is 13.0 Å². The summed E-state index contributed by atoms with van der Waals surface area (Å²) in [4.78, 5) is 0. The molecular formula is C17H24N4O3. The Morgan fingerprint density at radius 1 is 1.08 bits per heavy atom. The Morgan fingerprint density at radius 2 is 1.83 bits per heavy atom. The highest BCUT2D eigenvalue weighted by atomic mass is 16.5. The zero-order chi connectivity index (χ0) is 17.7. The van der Waals surface area contributed by atoms with Gasteiger partial charge in [-0.3, -0.25) is 0 Å². The first-order valence-corrected chi connectivity index (χ1v) is 7.57. The van der Waals surface area contributed by atoms with Crippen LogP contribution in [0.1, 0.15) is 5.56 Å². The van der Waals surface area contributed by atoms with E-state index in [4.69, 9.17) is 21.9 Å². The van der Waals surface area contributed by atoms with Crippen molar-refractivity contribution < 1.29 is 14.9 Å². The Labute approximate surface area is 141 Å². The lowest BCUT2D eigenvalue weighted by molar-refractivity contribution is 0.118. The lowest BCUT2D eigenvalue weighted by atomic mass is 10.0. The topological polar surface area (TPSA) is 140 Å². The maximum absolute atomic E-state index is 10.4. The van der Waals surface area contributed by atoms with Crippen LogP contribution in [-0.2, 0) is 6.42 Å². The fourth-order valence-corrected chi connectivity index (χ4v) is 2.47. The fraction of sp³-hybridized carbons (Fsp3) is 0.294. The van der Waals surface area contributed by atoms with Crippen LogP contribution in [0.15, 0.2) is 36.4 Å². The summed E-state index contributed by atoms with van der Waals surface area (Å²) in [7, 11) is 1.54. The minimum atomic E-state index is -0.843. The summed E-state index contributed by atoms with van der Waals surface area (Å²) >= 11 is 0. The smallest absolute Gasteiger partial charge is 0.141 e. The fourth-order valence-electron chi connectivity index (χ4n) is 2.47. The maximum atomic E-state index is 10.4. The molecule has 0 aliphatic heterocycles. The molecule has 0 heterocycles. The van der Waals surface area contributed by atoms with Gasteiger partial charge in [-0.05, 0) is 35.9 Å². The van der Waals surface area contributed by atoms with Gasteiger partial charge in [-0.1, -0.05) is 6.07 Å². The second-order valence-electron chi connectivity index (χ2n) is 5.62. The van der Waals surface area contributed by atoms with Crippen LogP contribution < -0.4 is 27.3 Å². The van der Waals surface area contributed by atoms with Crippen molar-refractivity contribution in [2.45, 2.75) is 18.6 Å². The van der Waals surface area contributed by atoms with Crippen LogP contribution in [0.2, 0.25) is 0 Å². The van der Waals surface area contributed by atoms with Crippen molar-refractivity contribution in [2.24, 2.45) is 0 Å². The Bertz CT molecular complexity index is 694. The predicted octanol–water partition coefficient (Wildman–Crippen LogP) is 0.818. The Morgan fingerprint density at radius 3 is 2.42 bits per heavy atom. The van der Waals surface area contributed by atoms with Crippen molar-refractivity contribution in [2.75, 3.05) is 36.2 Å². The molecule has 0 radical (unpaired) electrons. The molecule has 9 N–H and O–H groups in total. The van der Waals surface area contributed by atoms with E-state index in [0.29, 0.717) is 28.5 Å². The normalized spacial score (nSPS) is 13.3. The monoisotopic (exact) mass is 332 g/mol. The van der Waals surface area contributed by atoms with Crippen LogP contribution in [0, 0.1) is 0 Å². The number of nitrogens with one attached hydrogen (secondary N) is 1. The predicted molar refractivity (Wildman–Crippen MR) is 96.9 cm³/mol. The quantitative estimate of drug-likeness (QED) is 0.412. The van der Waals surface area contributed by atoms with E-state index in [1.807, 2.05) is 0 Å². The molecule has 0 aliphatic rings. The van der Waals surface area contributed by atoms with Crippen LogP contribution in [0.3, 0.4) is 0 Å². The average Bonchev–Trinajstić information content (AvgIpc) is 2.55. The van der Waals surface area contributed by atoms with Crippen LogP contribution in [-0.4, -0.2) is 36.1 Å². The van der Waals surface area contributed by atoms with E-state index in [1.54, 1.807) is 36.4 Å². The number of ether oxygens (including phenoxy) is 1. The first-order chi connectivity index (χ1) is 11.4. The molecule has 24 heavy (non-hydrogen) atoms. The van der Waals surface area contributed by atoms with Gasteiger partial charge in [0.15, 0.2) is 0 Å². The van der Waals surface area contributed by atoms with Crippen molar-refractivity contribution >= 4 is 22.7 Å². The number of nitrogen functional groups attached to an aromatic ring is 3. The third-order valence-corrected chi connectivity index (χ3v) is 3.84. The van der Waals surface area contributed by atoms with Gasteiger partial charge in [-0.2, -0.15) is 0 Å². The van der Waals surface area contributed by atoms with Gasteiger partial charge in [0.25, 0.3) is 0 Å². The van der Waals surface area contributed by atoms with Gasteiger partial charge in [0, 0.05) is 23.5 Å². The Kier molecular flexibility index (Phi) is 5.73. The van der Waals surface area contributed by atoms with Crippen LogP contribution in [0.4, 0.5) is 22.7 Å². The number of nitrogens with two attached hydrogens (primary N) is 3. The van der Waals surface area contributed by atoms with E-state index < -0.39 is 12.1 Å². The number of anilines is 4. The number of aliphatic hydroxyl groups excluding tert-OH is 2. The molecular weight excluding hydrogens is 308 g/mol. The van der Waals surface area contributed by atoms with Crippen LogP contribution >= 0.6 is 0 Å². The molecule has 2 aromatic rings. The van der Waals surface area contributed by atoms with Crippen LogP contribution in [0.5, 0.6) is 5.75 Å². The molecule has 2 atom stereocenters. The second kappa shape index (κ2) is 7.76. The standard InChI is InChI=1S/C17H24N4O3/c1-24-17-5-4-12(8-14(17)20)21-15(9-22)16(23)6-10-2-3-11(18)7-13(10)19/h2-5,7-8,15-16,21-23H,6,9,18-20H2,1H3. The van der Waals surface area contributed by atoms with Gasteiger partial charge < -0.3 is 37.5 Å². The van der Waals surface area contributed by atoms with E-state index in [1.165, 1.54) is 7.11 Å². The van der Waals surface area contributed by atoms with Gasteiger partial charge in [0.05, 0.1) is 31.5 Å². The van der Waals surface area contributed by atoms with Gasteiger partial charge in [0.1, 0.15) is 5.75 Å². The van der Waals surface area contributed by atoms with Gasteiger partial charge >= 0.3 is 0 Å². The lowest BCUT2D eigenvalue weighted by Crippen LogP contribution is -2.38. The largest absolute Gasteiger partial charge is 0.495 e. The molecule has 130 valence electrons. The third-order valence-electron chi connectivity index (χ3n) is 3.84. The zero-order valence-corrected chi connectivity index (χ0v) is 13.6. The number of benzene rings is 2. The van der Waals surface area contributed by atoms with E-state index in [2.05, 4.69) is 5.32 Å². The molecule has 0 aliphatic carbocycles. The molecule has 2 rings (SSSR count). The van der Waals surface area contributed by atoms with Crippen molar-refractivity contribution in [3.8, 4) is 5.75 Å². The summed E-state index contributed by atoms with van der Waals surface area (Å²) in [5, 5.41) is 23.1. The molecule has 0 amide bonds. The molecule has 0 aromatic heterocycles. The third kappa shape index (κ3) is 4.21. The molecule has 7 heteroatoms. The molecule has 0 spiro atoms. The molecule has 2 unspecified atom stereocenters. The lowest BCUT2D eigenvalue weighted by Gasteiger charge is -2.24. The highest BCUT2D eigenvalue weighted by Crippen LogP contribution is 2.25. The summed E-state index contributed by atoms with van der Waals surface area (Å²) in [6, 6.07) is 9.74. The second-order valence-corrected chi connectivity index (χ2v) is 5.62. The SMILES string of the molecule is COc1ccc(NC(CO)C(O)Cc2ccc(N)cc2N)cc1N. The van der Waals surface area contributed by atoms with E-state index in [0.717, 1.165) is 5.56 Å². The number of aliphatic hydroxyl groups is 2. The summed E-state index contributed by atoms with van der Waals surface area (Å²) < 4.78 is 5.10. The summed E-state index contributed by atoms with van der Waals surface area (Å²) in [6.07, 6.45) is -0.556.